The van der Waals surface area contributed by atoms with E-state index < -0.39 is 11.9 Å². The first-order valence-corrected chi connectivity index (χ1v) is 15.6. The van der Waals surface area contributed by atoms with Crippen LogP contribution in [0.5, 0.6) is 0 Å². The zero-order chi connectivity index (χ0) is 34.8. The third kappa shape index (κ3) is 8.67. The number of amidine groups is 1. The number of amides is 1. The summed E-state index contributed by atoms with van der Waals surface area (Å²) in [6.07, 6.45) is 12.6. The van der Waals surface area contributed by atoms with Crippen molar-refractivity contribution in [3.63, 3.8) is 0 Å². The molecule has 49 heavy (non-hydrogen) atoms. The molecule has 0 bridgehead atoms. The molecular formula is C35H38N8O6. The maximum atomic E-state index is 13.4. The molecule has 1 unspecified atom stereocenters. The van der Waals surface area contributed by atoms with Crippen molar-refractivity contribution >= 4 is 17.4 Å². The number of nitrogens with two attached hydrogens (primary N) is 1. The number of carbonyl (C=O) groups is 1. The van der Waals surface area contributed by atoms with E-state index in [4.69, 9.17) is 28.1 Å². The third-order valence-electron chi connectivity index (χ3n) is 7.05. The molecule has 0 fully saturated rings. The molecule has 4 aromatic heterocycles. The summed E-state index contributed by atoms with van der Waals surface area (Å²) in [5.74, 6) is 0.788. The number of ether oxygens (including phenoxy) is 1. The standard InChI is InChI=1S/C33H32N8O6.C2H6/c1-19-7-9-21(10-8-19)12-23(37-29(42)25-16-46-33(39-25)26-17-44-30(40-26)20(2)34)31-41-27(18-47-31)32-38-24(15-45-32)28-35-13-22(14-36-28)6-4-5-11-43-3;1-2/h4-5,7-10,13,15-18,23H,2,6,11-12,14,34H2,1,3H3,(H,35,36)(H,37,42);1-2H3/b5-4+;. The molecule has 4 N–H and O–H groups in total. The summed E-state index contributed by atoms with van der Waals surface area (Å²) in [4.78, 5) is 35.6. The third-order valence-corrected chi connectivity index (χ3v) is 7.05. The summed E-state index contributed by atoms with van der Waals surface area (Å²) in [5.41, 5.74) is 10.2. The van der Waals surface area contributed by atoms with E-state index in [9.17, 15) is 4.79 Å². The van der Waals surface area contributed by atoms with Gasteiger partial charge in [-0.2, -0.15) is 0 Å². The molecule has 1 aromatic carbocycles. The average Bonchev–Trinajstić information content (AvgIpc) is 3.95. The number of carbonyl (C=O) groups excluding carboxylic acids is 1. The fourth-order valence-electron chi connectivity index (χ4n) is 4.57. The summed E-state index contributed by atoms with van der Waals surface area (Å²) in [5, 5.41) is 6.13. The van der Waals surface area contributed by atoms with E-state index in [1.807, 2.05) is 63.4 Å². The maximum Gasteiger partial charge on any atom is 0.273 e. The SMILES string of the molecule is C=C(N)c1nc(-c2nc(C(=O)NC(Cc3ccc(C)cc3)c3nc(-c4nc(C5=NCC(C/C=C/COC)=CN5)co4)co3)co2)co1.CC. The molecule has 0 aliphatic carbocycles. The fraction of sp³-hybridized carbons (Fsp3) is 0.257. The molecule has 254 valence electrons. The van der Waals surface area contributed by atoms with Crippen LogP contribution >= 0.6 is 0 Å². The van der Waals surface area contributed by atoms with Crippen LogP contribution in [-0.4, -0.2) is 51.9 Å². The van der Waals surface area contributed by atoms with Crippen molar-refractivity contribution in [1.29, 1.82) is 0 Å². The highest BCUT2D eigenvalue weighted by Gasteiger charge is 2.26. The highest BCUT2D eigenvalue weighted by molar-refractivity contribution is 5.98. The summed E-state index contributed by atoms with van der Waals surface area (Å²) in [7, 11) is 1.66. The molecule has 0 saturated carbocycles. The fourth-order valence-corrected chi connectivity index (χ4v) is 4.57. The Kier molecular flexibility index (Phi) is 11.3. The van der Waals surface area contributed by atoms with Gasteiger partial charge in [0.25, 0.3) is 5.91 Å². The van der Waals surface area contributed by atoms with Crippen LogP contribution in [0.3, 0.4) is 0 Å². The monoisotopic (exact) mass is 666 g/mol. The van der Waals surface area contributed by atoms with Gasteiger partial charge in [-0.3, -0.25) is 9.79 Å². The smallest absolute Gasteiger partial charge is 0.273 e. The Hall–Kier alpha value is -6.02. The van der Waals surface area contributed by atoms with E-state index in [-0.39, 0.29) is 40.6 Å². The van der Waals surface area contributed by atoms with Crippen LogP contribution < -0.4 is 16.4 Å². The van der Waals surface area contributed by atoms with E-state index in [1.165, 1.54) is 25.1 Å². The minimum absolute atomic E-state index is 0.0260. The highest BCUT2D eigenvalue weighted by atomic mass is 16.5. The number of rotatable bonds is 13. The van der Waals surface area contributed by atoms with E-state index in [1.54, 1.807) is 7.11 Å². The first kappa shape index (κ1) is 34.3. The van der Waals surface area contributed by atoms with E-state index in [2.05, 4.69) is 42.1 Å². The summed E-state index contributed by atoms with van der Waals surface area (Å²) in [6.45, 7) is 10.7. The van der Waals surface area contributed by atoms with Gasteiger partial charge in [-0.15, -0.1) is 0 Å². The Morgan fingerprint density at radius 2 is 1.69 bits per heavy atom. The largest absolute Gasteiger partial charge is 0.446 e. The van der Waals surface area contributed by atoms with Crippen molar-refractivity contribution in [3.05, 3.63) is 114 Å². The van der Waals surface area contributed by atoms with Crippen molar-refractivity contribution in [2.75, 3.05) is 20.3 Å². The predicted molar refractivity (Wildman–Crippen MR) is 182 cm³/mol. The van der Waals surface area contributed by atoms with E-state index >= 15 is 0 Å². The highest BCUT2D eigenvalue weighted by Crippen LogP contribution is 2.25. The van der Waals surface area contributed by atoms with Crippen LogP contribution in [-0.2, 0) is 11.2 Å². The molecule has 1 aliphatic heterocycles. The summed E-state index contributed by atoms with van der Waals surface area (Å²) < 4.78 is 27.3. The Bertz CT molecular complexity index is 1960. The van der Waals surface area contributed by atoms with E-state index in [0.717, 1.165) is 23.1 Å². The lowest BCUT2D eigenvalue weighted by molar-refractivity contribution is 0.0925. The van der Waals surface area contributed by atoms with Gasteiger partial charge in [0.05, 0.1) is 18.8 Å². The molecule has 5 aromatic rings. The number of hydrogen-bond acceptors (Lipinski definition) is 13. The zero-order valence-electron chi connectivity index (χ0n) is 27.7. The summed E-state index contributed by atoms with van der Waals surface area (Å²) >= 11 is 0. The van der Waals surface area contributed by atoms with E-state index in [0.29, 0.717) is 36.8 Å². The van der Waals surface area contributed by atoms with Crippen molar-refractivity contribution < 1.29 is 27.2 Å². The minimum atomic E-state index is -0.668. The number of nitrogens with zero attached hydrogens (tertiary/aromatic N) is 5. The number of aliphatic imine (C=N–C) groups is 1. The van der Waals surface area contributed by atoms with Gasteiger partial charge in [0.15, 0.2) is 22.9 Å². The van der Waals surface area contributed by atoms with Crippen molar-refractivity contribution in [2.24, 2.45) is 10.7 Å². The van der Waals surface area contributed by atoms with Crippen molar-refractivity contribution in [1.82, 2.24) is 30.6 Å². The first-order chi connectivity index (χ1) is 23.9. The predicted octanol–water partition coefficient (Wildman–Crippen LogP) is 5.78. The topological polar surface area (TPSA) is 193 Å². The molecule has 1 amide bonds. The van der Waals surface area contributed by atoms with Crippen molar-refractivity contribution in [2.45, 2.75) is 39.7 Å². The second-order valence-electron chi connectivity index (χ2n) is 10.7. The Balaban J connectivity index is 0.00000230. The number of hydrogen-bond donors (Lipinski definition) is 3. The van der Waals surface area contributed by atoms with Crippen LogP contribution in [0.4, 0.5) is 0 Å². The van der Waals surface area contributed by atoms with Gasteiger partial charge in [0.2, 0.25) is 23.6 Å². The molecule has 5 heterocycles. The quantitative estimate of drug-likeness (QED) is 0.129. The van der Waals surface area contributed by atoms with Gasteiger partial charge in [0.1, 0.15) is 36.8 Å². The van der Waals surface area contributed by atoms with Gasteiger partial charge >= 0.3 is 0 Å². The van der Waals surface area contributed by atoms with Gasteiger partial charge in [0, 0.05) is 19.7 Å². The second kappa shape index (κ2) is 16.2. The molecule has 1 atom stereocenters. The normalized spacial score (nSPS) is 13.2. The first-order valence-electron chi connectivity index (χ1n) is 15.6. The van der Waals surface area contributed by atoms with Crippen LogP contribution in [0.25, 0.3) is 28.9 Å². The lowest BCUT2D eigenvalue weighted by Gasteiger charge is -2.15. The molecule has 0 saturated heterocycles. The van der Waals surface area contributed by atoms with Crippen LogP contribution in [0, 0.1) is 6.92 Å². The molecule has 14 heteroatoms. The number of benzene rings is 1. The summed E-state index contributed by atoms with van der Waals surface area (Å²) in [6, 6.07) is 7.28. The molecule has 1 aliphatic rings. The number of oxazole rings is 4. The van der Waals surface area contributed by atoms with Crippen molar-refractivity contribution in [3.8, 4) is 23.2 Å². The lowest BCUT2D eigenvalue weighted by atomic mass is 10.0. The Labute approximate surface area is 282 Å². The number of nitrogens with one attached hydrogen (secondary N) is 2. The molecule has 0 spiro atoms. The molecule has 14 nitrogen and oxygen atoms in total. The molecule has 0 radical (unpaired) electrons. The van der Waals surface area contributed by atoms with Crippen LogP contribution in [0.2, 0.25) is 0 Å². The number of methoxy groups -OCH3 is 1. The maximum absolute atomic E-state index is 13.4. The van der Waals surface area contributed by atoms with Crippen LogP contribution in [0.15, 0.2) is 102 Å². The minimum Gasteiger partial charge on any atom is -0.446 e. The molecule has 6 rings (SSSR count). The number of aryl methyl sites for hydroxylation is 1. The second-order valence-corrected chi connectivity index (χ2v) is 10.7. The van der Waals surface area contributed by atoms with Gasteiger partial charge < -0.3 is 38.8 Å². The molecular weight excluding hydrogens is 628 g/mol. The van der Waals surface area contributed by atoms with Crippen LogP contribution in [0.1, 0.15) is 65.4 Å². The van der Waals surface area contributed by atoms with Gasteiger partial charge in [-0.25, -0.2) is 19.9 Å². The number of aromatic nitrogens is 4. The Morgan fingerprint density at radius 1 is 0.980 bits per heavy atom. The average molecular weight is 667 g/mol. The zero-order valence-corrected chi connectivity index (χ0v) is 27.7. The van der Waals surface area contributed by atoms with Gasteiger partial charge in [-0.05, 0) is 24.5 Å². The Morgan fingerprint density at radius 3 is 2.41 bits per heavy atom. The number of allylic oxidation sites excluding steroid dienone is 1. The van der Waals surface area contributed by atoms with Gasteiger partial charge in [-0.1, -0.05) is 62.4 Å². The lowest BCUT2D eigenvalue weighted by Crippen LogP contribution is -2.30.